The second-order valence-electron chi connectivity index (χ2n) is 3.83. The summed E-state index contributed by atoms with van der Waals surface area (Å²) in [7, 11) is 0. The number of aliphatic hydroxyl groups is 1. The molecular formula is C11H14N2O2. The Hall–Kier alpha value is -1.31. The van der Waals surface area contributed by atoms with Crippen LogP contribution in [0.15, 0.2) is 16.5 Å². The summed E-state index contributed by atoms with van der Waals surface area (Å²) in [4.78, 5) is 2.19. The average molecular weight is 206 g/mol. The minimum Gasteiger partial charge on any atom is -0.449 e. The highest BCUT2D eigenvalue weighted by atomic mass is 16.3. The summed E-state index contributed by atoms with van der Waals surface area (Å²) in [6.45, 7) is 1.88. The molecule has 0 aliphatic carbocycles. The van der Waals surface area contributed by atoms with Gasteiger partial charge in [0.1, 0.15) is 11.8 Å². The molecule has 0 saturated carbocycles. The molecular weight excluding hydrogens is 192 g/mol. The van der Waals surface area contributed by atoms with E-state index in [1.807, 2.05) is 12.1 Å². The van der Waals surface area contributed by atoms with E-state index in [4.69, 9.17) is 14.8 Å². The second-order valence-corrected chi connectivity index (χ2v) is 3.83. The van der Waals surface area contributed by atoms with Gasteiger partial charge in [0.2, 0.25) is 5.76 Å². The van der Waals surface area contributed by atoms with Crippen LogP contribution in [0.3, 0.4) is 0 Å². The third-order valence-electron chi connectivity index (χ3n) is 2.84. The number of nitriles is 1. The molecule has 0 aromatic carbocycles. The molecule has 1 aromatic rings. The largest absolute Gasteiger partial charge is 0.449 e. The first-order chi connectivity index (χ1) is 7.33. The number of likely N-dealkylation sites (tertiary alicyclic amines) is 1. The van der Waals surface area contributed by atoms with Crippen molar-refractivity contribution >= 4 is 0 Å². The predicted octanol–water partition coefficient (Wildman–Crippen LogP) is 1.11. The van der Waals surface area contributed by atoms with Gasteiger partial charge in [-0.1, -0.05) is 0 Å². The quantitative estimate of drug-likeness (QED) is 0.804. The van der Waals surface area contributed by atoms with E-state index in [2.05, 4.69) is 4.90 Å². The minimum absolute atomic E-state index is 0.200. The van der Waals surface area contributed by atoms with E-state index >= 15 is 0 Å². The lowest BCUT2D eigenvalue weighted by molar-refractivity contribution is 0.146. The van der Waals surface area contributed by atoms with Gasteiger partial charge in [0.25, 0.3) is 0 Å². The number of nitrogens with zero attached hydrogens (tertiary/aromatic N) is 2. The van der Waals surface area contributed by atoms with Crippen molar-refractivity contribution in [2.45, 2.75) is 25.4 Å². The fourth-order valence-corrected chi connectivity index (χ4v) is 2.03. The molecule has 80 valence electrons. The molecule has 0 amide bonds. The Labute approximate surface area is 88.7 Å². The lowest BCUT2D eigenvalue weighted by Crippen LogP contribution is -2.31. The number of rotatable bonds is 3. The van der Waals surface area contributed by atoms with Crippen molar-refractivity contribution < 1.29 is 9.52 Å². The van der Waals surface area contributed by atoms with Gasteiger partial charge in [-0.15, -0.1) is 0 Å². The van der Waals surface area contributed by atoms with Gasteiger partial charge in [-0.05, 0) is 31.5 Å². The first kappa shape index (κ1) is 10.2. The lowest BCUT2D eigenvalue weighted by Gasteiger charge is -2.20. The highest BCUT2D eigenvalue weighted by molar-refractivity contribution is 5.19. The van der Waals surface area contributed by atoms with Crippen LogP contribution in [0.25, 0.3) is 0 Å². The molecule has 1 N–H and O–H groups in total. The molecule has 4 nitrogen and oxygen atoms in total. The highest BCUT2D eigenvalue weighted by Gasteiger charge is 2.24. The summed E-state index contributed by atoms with van der Waals surface area (Å²) in [5.74, 6) is 1.15. The van der Waals surface area contributed by atoms with E-state index in [9.17, 15) is 0 Å². The van der Waals surface area contributed by atoms with Crippen LogP contribution in [0.2, 0.25) is 0 Å². The first-order valence-electron chi connectivity index (χ1n) is 5.17. The summed E-state index contributed by atoms with van der Waals surface area (Å²) in [6, 6.07) is 5.72. The van der Waals surface area contributed by atoms with Crippen molar-refractivity contribution in [3.05, 3.63) is 23.7 Å². The van der Waals surface area contributed by atoms with Crippen molar-refractivity contribution in [2.24, 2.45) is 0 Å². The molecule has 4 heteroatoms. The van der Waals surface area contributed by atoms with Crippen LogP contribution in [0.1, 0.15) is 24.4 Å². The normalized spacial score (nSPS) is 21.7. The van der Waals surface area contributed by atoms with Crippen molar-refractivity contribution in [3.63, 3.8) is 0 Å². The van der Waals surface area contributed by atoms with Crippen molar-refractivity contribution in [1.82, 2.24) is 4.90 Å². The zero-order chi connectivity index (χ0) is 10.7. The van der Waals surface area contributed by atoms with Crippen LogP contribution < -0.4 is 0 Å². The zero-order valence-electron chi connectivity index (χ0n) is 8.52. The number of hydrogen-bond acceptors (Lipinski definition) is 4. The van der Waals surface area contributed by atoms with Crippen LogP contribution in [0.5, 0.6) is 0 Å². The zero-order valence-corrected chi connectivity index (χ0v) is 8.52. The predicted molar refractivity (Wildman–Crippen MR) is 53.9 cm³/mol. The molecule has 15 heavy (non-hydrogen) atoms. The summed E-state index contributed by atoms with van der Waals surface area (Å²) in [5, 5.41) is 17.8. The molecule has 1 aromatic heterocycles. The van der Waals surface area contributed by atoms with Crippen LogP contribution in [0, 0.1) is 11.3 Å². The van der Waals surface area contributed by atoms with E-state index < -0.39 is 0 Å². The summed E-state index contributed by atoms with van der Waals surface area (Å²) < 4.78 is 5.30. The fraction of sp³-hybridized carbons (Fsp3) is 0.545. The van der Waals surface area contributed by atoms with Gasteiger partial charge < -0.3 is 9.52 Å². The summed E-state index contributed by atoms with van der Waals surface area (Å²) in [5.41, 5.74) is 0. The Morgan fingerprint density at radius 3 is 3.13 bits per heavy atom. The van der Waals surface area contributed by atoms with Crippen molar-refractivity contribution in [3.8, 4) is 6.07 Å². The highest BCUT2D eigenvalue weighted by Crippen LogP contribution is 2.20. The standard InChI is InChI=1S/C11H14N2O2/c12-6-10-3-4-11(15-10)7-13-5-1-2-9(13)8-14/h3-4,9,14H,1-2,5,7-8H2. The Morgan fingerprint density at radius 2 is 2.47 bits per heavy atom. The van der Waals surface area contributed by atoms with Crippen LogP contribution in [-0.4, -0.2) is 29.2 Å². The Kier molecular flexibility index (Phi) is 3.05. The minimum atomic E-state index is 0.200. The number of hydrogen-bond donors (Lipinski definition) is 1. The molecule has 2 heterocycles. The smallest absolute Gasteiger partial charge is 0.203 e. The van der Waals surface area contributed by atoms with E-state index in [0.717, 1.165) is 25.1 Å². The summed E-state index contributed by atoms with van der Waals surface area (Å²) in [6.07, 6.45) is 2.17. The lowest BCUT2D eigenvalue weighted by atomic mass is 10.2. The molecule has 1 fully saturated rings. The SMILES string of the molecule is N#Cc1ccc(CN2CCCC2CO)o1. The van der Waals surface area contributed by atoms with Gasteiger partial charge in [-0.3, -0.25) is 4.90 Å². The molecule has 1 unspecified atom stereocenters. The fourth-order valence-electron chi connectivity index (χ4n) is 2.03. The van der Waals surface area contributed by atoms with E-state index in [-0.39, 0.29) is 12.6 Å². The molecule has 1 aliphatic rings. The summed E-state index contributed by atoms with van der Waals surface area (Å²) >= 11 is 0. The molecule has 1 atom stereocenters. The van der Waals surface area contributed by atoms with Crippen LogP contribution in [-0.2, 0) is 6.54 Å². The number of furan rings is 1. The van der Waals surface area contributed by atoms with E-state index in [1.54, 1.807) is 6.07 Å². The second kappa shape index (κ2) is 4.47. The molecule has 1 saturated heterocycles. The van der Waals surface area contributed by atoms with Gasteiger partial charge >= 0.3 is 0 Å². The average Bonchev–Trinajstić information content (AvgIpc) is 2.87. The molecule has 2 rings (SSSR count). The van der Waals surface area contributed by atoms with E-state index in [1.165, 1.54) is 0 Å². The maximum atomic E-state index is 9.14. The third-order valence-corrected chi connectivity index (χ3v) is 2.84. The van der Waals surface area contributed by atoms with Crippen LogP contribution in [0.4, 0.5) is 0 Å². The molecule has 0 radical (unpaired) electrons. The molecule has 1 aliphatic heterocycles. The first-order valence-corrected chi connectivity index (χ1v) is 5.17. The number of aliphatic hydroxyl groups excluding tert-OH is 1. The van der Waals surface area contributed by atoms with Gasteiger partial charge in [-0.2, -0.15) is 5.26 Å². The maximum absolute atomic E-state index is 9.14. The Morgan fingerprint density at radius 1 is 1.60 bits per heavy atom. The van der Waals surface area contributed by atoms with E-state index in [0.29, 0.717) is 12.3 Å². The van der Waals surface area contributed by atoms with Gasteiger partial charge in [-0.25, -0.2) is 0 Å². The van der Waals surface area contributed by atoms with Gasteiger partial charge in [0.05, 0.1) is 13.2 Å². The van der Waals surface area contributed by atoms with Crippen molar-refractivity contribution in [2.75, 3.05) is 13.2 Å². The topological polar surface area (TPSA) is 60.4 Å². The monoisotopic (exact) mass is 206 g/mol. The van der Waals surface area contributed by atoms with Gasteiger partial charge in [0, 0.05) is 6.04 Å². The molecule has 0 spiro atoms. The Balaban J connectivity index is 1.99. The van der Waals surface area contributed by atoms with Crippen molar-refractivity contribution in [1.29, 1.82) is 5.26 Å². The van der Waals surface area contributed by atoms with Gasteiger partial charge in [0.15, 0.2) is 0 Å². The molecule has 0 bridgehead atoms. The third kappa shape index (κ3) is 2.20. The van der Waals surface area contributed by atoms with Crippen LogP contribution >= 0.6 is 0 Å². The Bertz CT molecular complexity index is 367. The maximum Gasteiger partial charge on any atom is 0.203 e.